The van der Waals surface area contributed by atoms with E-state index in [9.17, 15) is 15.0 Å². The molecule has 0 bridgehead atoms. The lowest BCUT2D eigenvalue weighted by atomic mass is 9.85. The first-order valence-electron chi connectivity index (χ1n) is 6.61. The van der Waals surface area contributed by atoms with Gasteiger partial charge in [0, 0.05) is 0 Å². The number of benzene rings is 1. The van der Waals surface area contributed by atoms with Gasteiger partial charge in [-0.3, -0.25) is 4.79 Å². The fourth-order valence-corrected chi connectivity index (χ4v) is 1.53. The standard InChI is InChI=1S/C15H24N2O3/c1-14(2,15(3,4)20)17-13(19)12(16)9-10-5-7-11(18)8-6-10/h5-8,12,18,20H,9,16H2,1-4H3,(H,17,19)/t12-/m0/s1. The normalized spacial score (nSPS) is 13.9. The van der Waals surface area contributed by atoms with Crippen LogP contribution >= 0.6 is 0 Å². The molecule has 5 nitrogen and oxygen atoms in total. The van der Waals surface area contributed by atoms with Crippen LogP contribution in [0.3, 0.4) is 0 Å². The Morgan fingerprint density at radius 1 is 1.25 bits per heavy atom. The van der Waals surface area contributed by atoms with Crippen LogP contribution < -0.4 is 11.1 Å². The van der Waals surface area contributed by atoms with Gasteiger partial charge in [0.25, 0.3) is 0 Å². The maximum absolute atomic E-state index is 12.1. The predicted molar refractivity (Wildman–Crippen MR) is 78.3 cm³/mol. The topological polar surface area (TPSA) is 95.6 Å². The van der Waals surface area contributed by atoms with Gasteiger partial charge in [0.15, 0.2) is 0 Å². The van der Waals surface area contributed by atoms with Gasteiger partial charge < -0.3 is 21.3 Å². The molecule has 0 saturated heterocycles. The van der Waals surface area contributed by atoms with Crippen LogP contribution in [-0.4, -0.2) is 33.3 Å². The van der Waals surface area contributed by atoms with Gasteiger partial charge >= 0.3 is 0 Å². The van der Waals surface area contributed by atoms with Crippen molar-refractivity contribution in [3.8, 4) is 5.75 Å². The van der Waals surface area contributed by atoms with Crippen molar-refractivity contribution in [1.29, 1.82) is 0 Å². The van der Waals surface area contributed by atoms with Crippen molar-refractivity contribution < 1.29 is 15.0 Å². The second kappa shape index (κ2) is 5.81. The molecule has 1 aromatic rings. The van der Waals surface area contributed by atoms with Gasteiger partial charge in [0.1, 0.15) is 5.75 Å². The zero-order chi connectivity index (χ0) is 15.6. The number of hydrogen-bond acceptors (Lipinski definition) is 4. The molecule has 0 heterocycles. The smallest absolute Gasteiger partial charge is 0.237 e. The molecule has 0 radical (unpaired) electrons. The summed E-state index contributed by atoms with van der Waals surface area (Å²) in [7, 11) is 0. The quantitative estimate of drug-likeness (QED) is 0.645. The Labute approximate surface area is 119 Å². The summed E-state index contributed by atoms with van der Waals surface area (Å²) in [6.45, 7) is 6.77. The van der Waals surface area contributed by atoms with E-state index in [1.165, 1.54) is 0 Å². The van der Waals surface area contributed by atoms with E-state index >= 15 is 0 Å². The summed E-state index contributed by atoms with van der Waals surface area (Å²) >= 11 is 0. The molecule has 0 aliphatic heterocycles. The summed E-state index contributed by atoms with van der Waals surface area (Å²) in [5.74, 6) is -0.139. The Kier molecular flexibility index (Phi) is 4.78. The van der Waals surface area contributed by atoms with Crippen molar-refractivity contribution in [1.82, 2.24) is 5.32 Å². The molecule has 1 rings (SSSR count). The Morgan fingerprint density at radius 3 is 2.20 bits per heavy atom. The SMILES string of the molecule is CC(C)(O)C(C)(C)NC(=O)[C@@H](N)Cc1ccc(O)cc1. The van der Waals surface area contributed by atoms with Gasteiger partial charge in [0.2, 0.25) is 5.91 Å². The van der Waals surface area contributed by atoms with Gasteiger partial charge in [-0.25, -0.2) is 0 Å². The van der Waals surface area contributed by atoms with Crippen molar-refractivity contribution >= 4 is 5.91 Å². The summed E-state index contributed by atoms with van der Waals surface area (Å²) < 4.78 is 0. The van der Waals surface area contributed by atoms with Gasteiger partial charge in [-0.1, -0.05) is 12.1 Å². The molecule has 0 unspecified atom stereocenters. The lowest BCUT2D eigenvalue weighted by Crippen LogP contribution is -2.60. The highest BCUT2D eigenvalue weighted by molar-refractivity contribution is 5.82. The molecule has 1 aromatic carbocycles. The average molecular weight is 280 g/mol. The van der Waals surface area contributed by atoms with E-state index in [0.29, 0.717) is 6.42 Å². The van der Waals surface area contributed by atoms with Gasteiger partial charge in [-0.2, -0.15) is 0 Å². The zero-order valence-electron chi connectivity index (χ0n) is 12.5. The van der Waals surface area contributed by atoms with Crippen LogP contribution in [0.25, 0.3) is 0 Å². The number of amides is 1. The lowest BCUT2D eigenvalue weighted by molar-refractivity contribution is -0.127. The predicted octanol–water partition coefficient (Wildman–Crippen LogP) is 0.928. The number of aromatic hydroxyl groups is 1. The number of hydrogen-bond donors (Lipinski definition) is 4. The molecular weight excluding hydrogens is 256 g/mol. The first-order valence-corrected chi connectivity index (χ1v) is 6.61. The Balaban J connectivity index is 2.66. The molecule has 1 amide bonds. The summed E-state index contributed by atoms with van der Waals surface area (Å²) in [5, 5.41) is 22.0. The van der Waals surface area contributed by atoms with Crippen molar-refractivity contribution in [3.63, 3.8) is 0 Å². The third-order valence-corrected chi connectivity index (χ3v) is 3.69. The Hall–Kier alpha value is -1.59. The second-order valence-corrected chi connectivity index (χ2v) is 6.15. The minimum atomic E-state index is -1.05. The second-order valence-electron chi connectivity index (χ2n) is 6.15. The Morgan fingerprint density at radius 2 is 1.75 bits per heavy atom. The van der Waals surface area contributed by atoms with Crippen LogP contribution in [0.15, 0.2) is 24.3 Å². The van der Waals surface area contributed by atoms with Crippen LogP contribution in [0, 0.1) is 0 Å². The molecular formula is C15H24N2O3. The number of nitrogens with one attached hydrogen (secondary N) is 1. The highest BCUT2D eigenvalue weighted by Crippen LogP contribution is 2.20. The number of nitrogens with two attached hydrogens (primary N) is 1. The average Bonchev–Trinajstić information content (AvgIpc) is 2.30. The van der Waals surface area contributed by atoms with E-state index in [2.05, 4.69) is 5.32 Å². The minimum absolute atomic E-state index is 0.176. The summed E-state index contributed by atoms with van der Waals surface area (Å²) in [6.07, 6.45) is 0.369. The number of carbonyl (C=O) groups excluding carboxylic acids is 1. The lowest BCUT2D eigenvalue weighted by Gasteiger charge is -2.38. The number of aliphatic hydroxyl groups is 1. The van der Waals surface area contributed by atoms with E-state index in [4.69, 9.17) is 5.73 Å². The van der Waals surface area contributed by atoms with Gasteiger partial charge in [-0.15, -0.1) is 0 Å². The fraction of sp³-hybridized carbons (Fsp3) is 0.533. The van der Waals surface area contributed by atoms with Crippen molar-refractivity contribution in [2.45, 2.75) is 51.3 Å². The number of carbonyl (C=O) groups is 1. The van der Waals surface area contributed by atoms with E-state index < -0.39 is 17.2 Å². The first-order chi connectivity index (χ1) is 9.03. The number of phenols is 1. The summed E-state index contributed by atoms with van der Waals surface area (Å²) in [4.78, 5) is 12.1. The zero-order valence-corrected chi connectivity index (χ0v) is 12.5. The third-order valence-electron chi connectivity index (χ3n) is 3.69. The summed E-state index contributed by atoms with van der Waals surface area (Å²) in [6, 6.07) is 5.86. The van der Waals surface area contributed by atoms with Crippen LogP contribution in [0.1, 0.15) is 33.3 Å². The van der Waals surface area contributed by atoms with Crippen molar-refractivity contribution in [3.05, 3.63) is 29.8 Å². The van der Waals surface area contributed by atoms with Crippen LogP contribution in [0.4, 0.5) is 0 Å². The van der Waals surface area contributed by atoms with Crippen LogP contribution in [-0.2, 0) is 11.2 Å². The largest absolute Gasteiger partial charge is 0.508 e. The van der Waals surface area contributed by atoms with E-state index in [-0.39, 0.29) is 11.7 Å². The summed E-state index contributed by atoms with van der Waals surface area (Å²) in [5.41, 5.74) is 4.91. The maximum atomic E-state index is 12.1. The van der Waals surface area contributed by atoms with E-state index in [1.807, 2.05) is 0 Å². The van der Waals surface area contributed by atoms with Crippen molar-refractivity contribution in [2.75, 3.05) is 0 Å². The fourth-order valence-electron chi connectivity index (χ4n) is 1.53. The van der Waals surface area contributed by atoms with Crippen molar-refractivity contribution in [2.24, 2.45) is 5.73 Å². The third kappa shape index (κ3) is 4.21. The molecule has 0 saturated carbocycles. The number of phenolic OH excluding ortho intramolecular Hbond substituents is 1. The molecule has 112 valence electrons. The number of rotatable bonds is 5. The van der Waals surface area contributed by atoms with Gasteiger partial charge in [0.05, 0.1) is 17.2 Å². The minimum Gasteiger partial charge on any atom is -0.508 e. The molecule has 0 aliphatic carbocycles. The molecule has 20 heavy (non-hydrogen) atoms. The highest BCUT2D eigenvalue weighted by atomic mass is 16.3. The van der Waals surface area contributed by atoms with E-state index in [1.54, 1.807) is 52.0 Å². The maximum Gasteiger partial charge on any atom is 0.237 e. The molecule has 0 spiro atoms. The monoisotopic (exact) mass is 280 g/mol. The molecule has 5 heteroatoms. The first kappa shape index (κ1) is 16.5. The van der Waals surface area contributed by atoms with Gasteiger partial charge in [-0.05, 0) is 51.8 Å². The molecule has 1 atom stereocenters. The molecule has 0 fully saturated rings. The van der Waals surface area contributed by atoms with Crippen LogP contribution in [0.2, 0.25) is 0 Å². The molecule has 0 aromatic heterocycles. The van der Waals surface area contributed by atoms with E-state index in [0.717, 1.165) is 5.56 Å². The highest BCUT2D eigenvalue weighted by Gasteiger charge is 2.37. The Bertz CT molecular complexity index is 461. The molecule has 0 aliphatic rings. The molecule has 5 N–H and O–H groups in total. The van der Waals surface area contributed by atoms with Crippen LogP contribution in [0.5, 0.6) is 5.75 Å².